The van der Waals surface area contributed by atoms with Crippen molar-refractivity contribution >= 4 is 6.08 Å². The van der Waals surface area contributed by atoms with E-state index in [0.717, 1.165) is 0 Å². The van der Waals surface area contributed by atoms with Crippen molar-refractivity contribution in [3.05, 3.63) is 41.0 Å². The van der Waals surface area contributed by atoms with Gasteiger partial charge in [0.2, 0.25) is 0 Å². The molecule has 0 nitrogen and oxygen atoms in total. The molecule has 0 aromatic heterocycles. The van der Waals surface area contributed by atoms with Gasteiger partial charge in [0.25, 0.3) is 0 Å². The van der Waals surface area contributed by atoms with Gasteiger partial charge in [-0.05, 0) is 31.5 Å². The van der Waals surface area contributed by atoms with E-state index in [2.05, 4.69) is 0 Å². The fourth-order valence-electron chi connectivity index (χ4n) is 0.954. The van der Waals surface area contributed by atoms with E-state index in [4.69, 9.17) is 0 Å². The van der Waals surface area contributed by atoms with E-state index >= 15 is 0 Å². The zero-order valence-corrected chi connectivity index (χ0v) is 7.07. The quantitative estimate of drug-likeness (QED) is 0.603. The lowest BCUT2D eigenvalue weighted by atomic mass is 10.1. The number of hydrogen-bond donors (Lipinski definition) is 0. The Bertz CT molecular complexity index is 291. The maximum atomic E-state index is 12.9. The molecular weight excluding hydrogens is 158 g/mol. The van der Waals surface area contributed by atoms with Gasteiger partial charge in [-0.1, -0.05) is 12.2 Å². The summed E-state index contributed by atoms with van der Waals surface area (Å²) in [5.74, 6) is -0.994. The van der Waals surface area contributed by atoms with Crippen molar-refractivity contribution in [1.82, 2.24) is 0 Å². The van der Waals surface area contributed by atoms with Gasteiger partial charge in [0.05, 0.1) is 0 Å². The predicted octanol–water partition coefficient (Wildman–Crippen LogP) is 3.31. The summed E-state index contributed by atoms with van der Waals surface area (Å²) < 4.78 is 25.8. The Morgan fingerprint density at radius 1 is 1.17 bits per heavy atom. The van der Waals surface area contributed by atoms with Crippen LogP contribution in [0.3, 0.4) is 0 Å². The summed E-state index contributed by atoms with van der Waals surface area (Å²) >= 11 is 0. The molecule has 0 spiro atoms. The highest BCUT2D eigenvalue weighted by Crippen LogP contribution is 2.14. The lowest BCUT2D eigenvalue weighted by Gasteiger charge is -1.99. The minimum atomic E-state index is -0.497. The molecule has 1 aromatic rings. The van der Waals surface area contributed by atoms with Crippen molar-refractivity contribution < 1.29 is 8.78 Å². The van der Waals surface area contributed by atoms with Gasteiger partial charge < -0.3 is 0 Å². The highest BCUT2D eigenvalue weighted by molar-refractivity contribution is 5.49. The second-order valence-electron chi connectivity index (χ2n) is 2.61. The topological polar surface area (TPSA) is 0 Å². The maximum Gasteiger partial charge on any atom is 0.129 e. The molecule has 0 amide bonds. The third kappa shape index (κ3) is 1.70. The van der Waals surface area contributed by atoms with Crippen LogP contribution in [0, 0.1) is 18.6 Å². The molecule has 0 bridgehead atoms. The Kier molecular flexibility index (Phi) is 2.58. The molecule has 1 aromatic carbocycles. The van der Waals surface area contributed by atoms with Crippen molar-refractivity contribution in [2.24, 2.45) is 0 Å². The van der Waals surface area contributed by atoms with E-state index in [9.17, 15) is 8.78 Å². The van der Waals surface area contributed by atoms with Crippen LogP contribution >= 0.6 is 0 Å². The van der Waals surface area contributed by atoms with Gasteiger partial charge >= 0.3 is 0 Å². The van der Waals surface area contributed by atoms with Gasteiger partial charge in [-0.2, -0.15) is 0 Å². The number of halogens is 2. The van der Waals surface area contributed by atoms with Crippen LogP contribution in [-0.2, 0) is 0 Å². The molecule has 0 unspecified atom stereocenters. The Hall–Kier alpha value is -1.18. The van der Waals surface area contributed by atoms with Crippen LogP contribution in [0.2, 0.25) is 0 Å². The van der Waals surface area contributed by atoms with Gasteiger partial charge in [0.15, 0.2) is 0 Å². The SMILES string of the molecule is C/C=C/c1cc(F)c(C)c(F)c1. The lowest BCUT2D eigenvalue weighted by Crippen LogP contribution is -1.89. The van der Waals surface area contributed by atoms with E-state index in [1.807, 2.05) is 0 Å². The molecule has 0 heterocycles. The zero-order chi connectivity index (χ0) is 9.14. The fourth-order valence-corrected chi connectivity index (χ4v) is 0.954. The molecule has 0 aliphatic rings. The van der Waals surface area contributed by atoms with Crippen molar-refractivity contribution in [2.45, 2.75) is 13.8 Å². The minimum Gasteiger partial charge on any atom is -0.207 e. The van der Waals surface area contributed by atoms with Gasteiger partial charge in [-0.25, -0.2) is 8.78 Å². The van der Waals surface area contributed by atoms with Gasteiger partial charge in [0, 0.05) is 5.56 Å². The first-order valence-electron chi connectivity index (χ1n) is 3.73. The molecule has 0 atom stereocenters. The molecule has 0 aliphatic heterocycles. The number of benzene rings is 1. The Balaban J connectivity index is 3.21. The maximum absolute atomic E-state index is 12.9. The summed E-state index contributed by atoms with van der Waals surface area (Å²) in [6.45, 7) is 3.22. The van der Waals surface area contributed by atoms with E-state index in [1.165, 1.54) is 19.1 Å². The summed E-state index contributed by atoms with van der Waals surface area (Å²) in [5, 5.41) is 0. The third-order valence-corrected chi connectivity index (χ3v) is 1.66. The smallest absolute Gasteiger partial charge is 0.129 e. The monoisotopic (exact) mass is 168 g/mol. The molecule has 0 radical (unpaired) electrons. The van der Waals surface area contributed by atoms with Crippen LogP contribution < -0.4 is 0 Å². The van der Waals surface area contributed by atoms with Crippen LogP contribution in [0.15, 0.2) is 18.2 Å². The van der Waals surface area contributed by atoms with Gasteiger partial charge in [-0.3, -0.25) is 0 Å². The highest BCUT2D eigenvalue weighted by Gasteiger charge is 2.04. The first-order chi connectivity index (χ1) is 5.65. The molecule has 64 valence electrons. The molecule has 0 aliphatic carbocycles. The van der Waals surface area contributed by atoms with Crippen LogP contribution in [0.5, 0.6) is 0 Å². The molecule has 0 fully saturated rings. The second-order valence-corrected chi connectivity index (χ2v) is 2.61. The largest absolute Gasteiger partial charge is 0.207 e. The van der Waals surface area contributed by atoms with Crippen LogP contribution in [0.4, 0.5) is 8.78 Å². The standard InChI is InChI=1S/C10H10F2/c1-3-4-8-5-9(11)7(2)10(12)6-8/h3-6H,1-2H3/b4-3+. The second kappa shape index (κ2) is 3.48. The van der Waals surface area contributed by atoms with Crippen LogP contribution in [-0.4, -0.2) is 0 Å². The predicted molar refractivity (Wildman–Crippen MR) is 45.8 cm³/mol. The molecule has 0 saturated carbocycles. The Morgan fingerprint density at radius 3 is 2.08 bits per heavy atom. The molecule has 12 heavy (non-hydrogen) atoms. The van der Waals surface area contributed by atoms with Crippen molar-refractivity contribution in [3.63, 3.8) is 0 Å². The number of allylic oxidation sites excluding steroid dienone is 1. The Morgan fingerprint density at radius 2 is 1.67 bits per heavy atom. The summed E-state index contributed by atoms with van der Waals surface area (Å²) in [7, 11) is 0. The molecule has 0 saturated heterocycles. The highest BCUT2D eigenvalue weighted by atomic mass is 19.1. The molecule has 0 N–H and O–H groups in total. The number of hydrogen-bond acceptors (Lipinski definition) is 0. The fraction of sp³-hybridized carbons (Fsp3) is 0.200. The minimum absolute atomic E-state index is 0.0725. The summed E-state index contributed by atoms with van der Waals surface area (Å²) in [5.41, 5.74) is 0.626. The van der Waals surface area contributed by atoms with E-state index in [1.54, 1.807) is 19.1 Å². The van der Waals surface area contributed by atoms with Crippen molar-refractivity contribution in [2.75, 3.05) is 0 Å². The molecule has 1 rings (SSSR count). The average Bonchev–Trinajstić information content (AvgIpc) is 2.01. The lowest BCUT2D eigenvalue weighted by molar-refractivity contribution is 0.567. The van der Waals surface area contributed by atoms with Crippen molar-refractivity contribution in [3.8, 4) is 0 Å². The van der Waals surface area contributed by atoms with E-state index in [0.29, 0.717) is 5.56 Å². The Labute approximate surface area is 70.5 Å². The number of rotatable bonds is 1. The first-order valence-corrected chi connectivity index (χ1v) is 3.73. The summed E-state index contributed by atoms with van der Waals surface area (Å²) in [6, 6.07) is 2.64. The molecular formula is C10H10F2. The first kappa shape index (κ1) is 8.91. The zero-order valence-electron chi connectivity index (χ0n) is 7.07. The van der Waals surface area contributed by atoms with Gasteiger partial charge in [-0.15, -0.1) is 0 Å². The van der Waals surface area contributed by atoms with E-state index < -0.39 is 11.6 Å². The van der Waals surface area contributed by atoms with Crippen LogP contribution in [0.1, 0.15) is 18.1 Å². The van der Waals surface area contributed by atoms with Gasteiger partial charge in [0.1, 0.15) is 11.6 Å². The van der Waals surface area contributed by atoms with Crippen LogP contribution in [0.25, 0.3) is 6.08 Å². The average molecular weight is 168 g/mol. The molecule has 2 heteroatoms. The summed E-state index contributed by atoms with van der Waals surface area (Å²) in [6.07, 6.45) is 3.40. The normalized spacial score (nSPS) is 11.0. The van der Waals surface area contributed by atoms with E-state index in [-0.39, 0.29) is 5.56 Å². The third-order valence-electron chi connectivity index (χ3n) is 1.66. The van der Waals surface area contributed by atoms with Crippen molar-refractivity contribution in [1.29, 1.82) is 0 Å². The summed E-state index contributed by atoms with van der Waals surface area (Å²) in [4.78, 5) is 0.